The summed E-state index contributed by atoms with van der Waals surface area (Å²) in [5, 5.41) is 3.51. The molecule has 0 bridgehead atoms. The summed E-state index contributed by atoms with van der Waals surface area (Å²) < 4.78 is 0. The van der Waals surface area contributed by atoms with Crippen LogP contribution in [0.5, 0.6) is 0 Å². The molecule has 0 spiro atoms. The van der Waals surface area contributed by atoms with Gasteiger partial charge in [0.2, 0.25) is 0 Å². The largest absolute Gasteiger partial charge is 0.356 e. The zero-order valence-corrected chi connectivity index (χ0v) is 12.8. The zero-order chi connectivity index (χ0) is 14.5. The van der Waals surface area contributed by atoms with E-state index in [9.17, 15) is 4.79 Å². The summed E-state index contributed by atoms with van der Waals surface area (Å²) in [6, 6.07) is 2.17. The Bertz CT molecular complexity index is 475. The molecule has 1 aliphatic rings. The molecule has 0 unspecified atom stereocenters. The second kappa shape index (κ2) is 6.88. The fourth-order valence-electron chi connectivity index (χ4n) is 2.59. The lowest BCUT2D eigenvalue weighted by atomic mass is 9.96. The normalized spacial score (nSPS) is 16.9. The van der Waals surface area contributed by atoms with Crippen LogP contribution in [-0.2, 0) is 6.42 Å². The molecule has 0 radical (unpaired) electrons. The summed E-state index contributed by atoms with van der Waals surface area (Å²) in [6.07, 6.45) is 3.09. The Kier molecular flexibility index (Phi) is 5.17. The second-order valence-corrected chi connectivity index (χ2v) is 5.90. The van der Waals surface area contributed by atoms with Gasteiger partial charge in [-0.3, -0.25) is 4.79 Å². The molecule has 0 aromatic carbocycles. The van der Waals surface area contributed by atoms with Crippen molar-refractivity contribution in [3.63, 3.8) is 0 Å². The van der Waals surface area contributed by atoms with Crippen molar-refractivity contribution in [2.75, 3.05) is 24.5 Å². The molecule has 5 nitrogen and oxygen atoms in total. The molecule has 112 valence electrons. The first-order valence-corrected chi connectivity index (χ1v) is 7.67. The summed E-state index contributed by atoms with van der Waals surface area (Å²) in [6.45, 7) is 9.44. The number of rotatable bonds is 5. The predicted octanol–water partition coefficient (Wildman–Crippen LogP) is 1.55. The molecule has 2 N–H and O–H groups in total. The third-order valence-corrected chi connectivity index (χ3v) is 3.87. The van der Waals surface area contributed by atoms with Crippen molar-refractivity contribution in [2.24, 2.45) is 5.92 Å². The Labute approximate surface area is 120 Å². The first-order valence-electron chi connectivity index (χ1n) is 7.67. The van der Waals surface area contributed by atoms with Crippen LogP contribution in [-0.4, -0.2) is 35.6 Å². The van der Waals surface area contributed by atoms with Gasteiger partial charge < -0.3 is 15.2 Å². The standard InChI is InChI=1S/C15H26N4O/c1-4-13-17-14(9-15(20)18-13)19-7-5-12(6-8-19)10-16-11(2)3/h9,11-12,16H,4-8,10H2,1-3H3,(H,17,18,20). The van der Waals surface area contributed by atoms with Crippen molar-refractivity contribution in [2.45, 2.75) is 46.1 Å². The van der Waals surface area contributed by atoms with Crippen LogP contribution < -0.4 is 15.8 Å². The minimum atomic E-state index is -0.0459. The van der Waals surface area contributed by atoms with Crippen LogP contribution in [0.2, 0.25) is 0 Å². The third-order valence-electron chi connectivity index (χ3n) is 3.87. The van der Waals surface area contributed by atoms with Crippen LogP contribution in [0.3, 0.4) is 0 Å². The van der Waals surface area contributed by atoms with E-state index in [1.54, 1.807) is 6.07 Å². The average Bonchev–Trinajstić information content (AvgIpc) is 2.45. The number of hydrogen-bond acceptors (Lipinski definition) is 4. The molecule has 5 heteroatoms. The highest BCUT2D eigenvalue weighted by Crippen LogP contribution is 2.20. The molecule has 2 heterocycles. The molecule has 0 atom stereocenters. The van der Waals surface area contributed by atoms with Gasteiger partial charge in [0.15, 0.2) is 0 Å². The van der Waals surface area contributed by atoms with Crippen LogP contribution in [0, 0.1) is 5.92 Å². The lowest BCUT2D eigenvalue weighted by Gasteiger charge is -2.33. The second-order valence-electron chi connectivity index (χ2n) is 5.90. The van der Waals surface area contributed by atoms with Crippen molar-refractivity contribution >= 4 is 5.82 Å². The number of aromatic nitrogens is 2. The molecular formula is C15H26N4O. The van der Waals surface area contributed by atoms with E-state index >= 15 is 0 Å². The maximum atomic E-state index is 11.6. The minimum Gasteiger partial charge on any atom is -0.356 e. The van der Waals surface area contributed by atoms with Gasteiger partial charge in [-0.25, -0.2) is 4.98 Å². The van der Waals surface area contributed by atoms with Gasteiger partial charge in [-0.05, 0) is 25.3 Å². The van der Waals surface area contributed by atoms with Crippen LogP contribution in [0.4, 0.5) is 5.82 Å². The van der Waals surface area contributed by atoms with Crippen LogP contribution in [0.25, 0.3) is 0 Å². The van der Waals surface area contributed by atoms with E-state index in [1.165, 1.54) is 0 Å². The quantitative estimate of drug-likeness (QED) is 0.858. The number of nitrogens with zero attached hydrogens (tertiary/aromatic N) is 2. The third kappa shape index (κ3) is 4.07. The molecule has 1 aromatic rings. The summed E-state index contributed by atoms with van der Waals surface area (Å²) in [4.78, 5) is 21.2. The fraction of sp³-hybridized carbons (Fsp3) is 0.733. The van der Waals surface area contributed by atoms with Crippen molar-refractivity contribution in [3.05, 3.63) is 22.2 Å². The Morgan fingerprint density at radius 2 is 2.15 bits per heavy atom. The monoisotopic (exact) mass is 278 g/mol. The molecule has 0 amide bonds. The first kappa shape index (κ1) is 15.0. The summed E-state index contributed by atoms with van der Waals surface area (Å²) in [5.41, 5.74) is -0.0459. The topological polar surface area (TPSA) is 61.0 Å². The molecule has 20 heavy (non-hydrogen) atoms. The molecule has 0 saturated carbocycles. The van der Waals surface area contributed by atoms with Crippen molar-refractivity contribution < 1.29 is 0 Å². The van der Waals surface area contributed by atoms with Crippen molar-refractivity contribution in [1.82, 2.24) is 15.3 Å². The lowest BCUT2D eigenvalue weighted by Crippen LogP contribution is -2.39. The molecule has 1 aliphatic heterocycles. The van der Waals surface area contributed by atoms with E-state index < -0.39 is 0 Å². The minimum absolute atomic E-state index is 0.0459. The molecule has 0 aliphatic carbocycles. The molecule has 1 fully saturated rings. The number of H-pyrrole nitrogens is 1. The maximum absolute atomic E-state index is 11.6. The highest BCUT2D eigenvalue weighted by Gasteiger charge is 2.20. The van der Waals surface area contributed by atoms with Crippen molar-refractivity contribution in [3.8, 4) is 0 Å². The first-order chi connectivity index (χ1) is 9.58. The number of hydrogen-bond donors (Lipinski definition) is 2. The van der Waals surface area contributed by atoms with E-state index in [0.717, 1.165) is 56.5 Å². The Morgan fingerprint density at radius 1 is 1.45 bits per heavy atom. The van der Waals surface area contributed by atoms with Crippen LogP contribution in [0.15, 0.2) is 10.9 Å². The average molecular weight is 278 g/mol. The van der Waals surface area contributed by atoms with Gasteiger partial charge in [-0.15, -0.1) is 0 Å². The van der Waals surface area contributed by atoms with E-state index in [4.69, 9.17) is 0 Å². The molecule has 1 saturated heterocycles. The van der Waals surface area contributed by atoms with Crippen LogP contribution >= 0.6 is 0 Å². The van der Waals surface area contributed by atoms with Gasteiger partial charge in [0.1, 0.15) is 11.6 Å². The molecular weight excluding hydrogens is 252 g/mol. The summed E-state index contributed by atoms with van der Waals surface area (Å²) in [7, 11) is 0. The van der Waals surface area contributed by atoms with Crippen LogP contribution in [0.1, 0.15) is 39.4 Å². The molecule has 2 rings (SSSR count). The van der Waals surface area contributed by atoms with Gasteiger partial charge in [-0.2, -0.15) is 0 Å². The van der Waals surface area contributed by atoms with Gasteiger partial charge in [0.05, 0.1) is 0 Å². The smallest absolute Gasteiger partial charge is 0.252 e. The maximum Gasteiger partial charge on any atom is 0.252 e. The Hall–Kier alpha value is -1.36. The summed E-state index contributed by atoms with van der Waals surface area (Å²) in [5.74, 6) is 2.35. The summed E-state index contributed by atoms with van der Waals surface area (Å²) >= 11 is 0. The van der Waals surface area contributed by atoms with Gasteiger partial charge in [0, 0.05) is 31.6 Å². The number of nitrogens with one attached hydrogen (secondary N) is 2. The predicted molar refractivity (Wildman–Crippen MR) is 82.3 cm³/mol. The fourth-order valence-corrected chi connectivity index (χ4v) is 2.59. The Balaban J connectivity index is 1.93. The van der Waals surface area contributed by atoms with Gasteiger partial charge >= 0.3 is 0 Å². The number of aromatic amines is 1. The molecule has 1 aromatic heterocycles. The lowest BCUT2D eigenvalue weighted by molar-refractivity contribution is 0.369. The zero-order valence-electron chi connectivity index (χ0n) is 12.8. The highest BCUT2D eigenvalue weighted by molar-refractivity contribution is 5.37. The van der Waals surface area contributed by atoms with Gasteiger partial charge in [-0.1, -0.05) is 20.8 Å². The van der Waals surface area contributed by atoms with Gasteiger partial charge in [0.25, 0.3) is 5.56 Å². The number of piperidine rings is 1. The SMILES string of the molecule is CCc1nc(N2CCC(CNC(C)C)CC2)cc(=O)[nH]1. The van der Waals surface area contributed by atoms with E-state index in [2.05, 4.69) is 34.0 Å². The van der Waals surface area contributed by atoms with E-state index in [-0.39, 0.29) is 5.56 Å². The van der Waals surface area contributed by atoms with Crippen molar-refractivity contribution in [1.29, 1.82) is 0 Å². The van der Waals surface area contributed by atoms with E-state index in [1.807, 2.05) is 6.92 Å². The number of anilines is 1. The number of aryl methyl sites for hydroxylation is 1. The Morgan fingerprint density at radius 3 is 2.75 bits per heavy atom. The highest BCUT2D eigenvalue weighted by atomic mass is 16.1. The van der Waals surface area contributed by atoms with E-state index in [0.29, 0.717) is 6.04 Å².